The number of benzene rings is 1. The Kier molecular flexibility index (Phi) is 7.15. The molecule has 0 aromatic heterocycles. The highest BCUT2D eigenvalue weighted by Crippen LogP contribution is 2.10. The van der Waals surface area contributed by atoms with Gasteiger partial charge in [-0.2, -0.15) is 0 Å². The summed E-state index contributed by atoms with van der Waals surface area (Å²) in [6.45, 7) is 5.72. The van der Waals surface area contributed by atoms with Crippen molar-refractivity contribution in [2.24, 2.45) is 0 Å². The maximum Gasteiger partial charge on any atom is 0.240 e. The van der Waals surface area contributed by atoms with Gasteiger partial charge in [-0.25, -0.2) is 13.1 Å². The van der Waals surface area contributed by atoms with Crippen molar-refractivity contribution in [3.8, 4) is 0 Å². The molecule has 114 valence electrons. The van der Waals surface area contributed by atoms with Crippen LogP contribution in [-0.4, -0.2) is 41.3 Å². The molecule has 0 aliphatic carbocycles. The fourth-order valence-corrected chi connectivity index (χ4v) is 2.71. The summed E-state index contributed by atoms with van der Waals surface area (Å²) in [5, 5.41) is 3.33. The summed E-state index contributed by atoms with van der Waals surface area (Å²) in [5.41, 5.74) is 1.12. The van der Waals surface area contributed by atoms with E-state index in [1.807, 2.05) is 12.1 Å². The number of methoxy groups -OCH3 is 1. The first kappa shape index (κ1) is 17.1. The standard InChI is InChI=1S/C14H24N2O3S/c1-12(2)15-9-8-13-4-6-14(7-5-13)20(17,18)16-10-11-19-3/h4-7,12,15-16H,8-11H2,1-3H3. The Bertz CT molecular complexity index is 484. The summed E-state index contributed by atoms with van der Waals surface area (Å²) >= 11 is 0. The van der Waals surface area contributed by atoms with Gasteiger partial charge in [-0.1, -0.05) is 26.0 Å². The summed E-state index contributed by atoms with van der Waals surface area (Å²) in [7, 11) is -1.89. The van der Waals surface area contributed by atoms with E-state index in [2.05, 4.69) is 23.9 Å². The number of ether oxygens (including phenoxy) is 1. The van der Waals surface area contributed by atoms with Gasteiger partial charge < -0.3 is 10.1 Å². The molecule has 0 unspecified atom stereocenters. The van der Waals surface area contributed by atoms with Crippen LogP contribution in [0, 0.1) is 0 Å². The highest BCUT2D eigenvalue weighted by atomic mass is 32.2. The van der Waals surface area contributed by atoms with Gasteiger partial charge in [-0.05, 0) is 30.7 Å². The van der Waals surface area contributed by atoms with Crippen LogP contribution in [0.3, 0.4) is 0 Å². The molecule has 1 aromatic carbocycles. The average Bonchev–Trinajstić information content (AvgIpc) is 2.39. The molecule has 5 nitrogen and oxygen atoms in total. The van der Waals surface area contributed by atoms with Gasteiger partial charge in [0.25, 0.3) is 0 Å². The summed E-state index contributed by atoms with van der Waals surface area (Å²) in [4.78, 5) is 0.286. The predicted molar refractivity (Wildman–Crippen MR) is 80.3 cm³/mol. The Morgan fingerprint density at radius 2 is 1.80 bits per heavy atom. The molecular weight excluding hydrogens is 276 g/mol. The molecule has 0 spiro atoms. The van der Waals surface area contributed by atoms with Crippen molar-refractivity contribution in [3.63, 3.8) is 0 Å². The number of hydrogen-bond acceptors (Lipinski definition) is 4. The number of sulfonamides is 1. The van der Waals surface area contributed by atoms with Gasteiger partial charge >= 0.3 is 0 Å². The molecule has 1 aromatic rings. The quantitative estimate of drug-likeness (QED) is 0.671. The SMILES string of the molecule is COCCNS(=O)(=O)c1ccc(CCNC(C)C)cc1. The van der Waals surface area contributed by atoms with Crippen LogP contribution in [0.25, 0.3) is 0 Å². The largest absolute Gasteiger partial charge is 0.383 e. The first-order valence-electron chi connectivity index (χ1n) is 6.76. The van der Waals surface area contributed by atoms with Gasteiger partial charge in [0.05, 0.1) is 11.5 Å². The van der Waals surface area contributed by atoms with E-state index < -0.39 is 10.0 Å². The highest BCUT2D eigenvalue weighted by Gasteiger charge is 2.12. The van der Waals surface area contributed by atoms with E-state index >= 15 is 0 Å². The van der Waals surface area contributed by atoms with Gasteiger partial charge in [0.1, 0.15) is 0 Å². The molecule has 0 amide bonds. The third-order valence-electron chi connectivity index (χ3n) is 2.80. The van der Waals surface area contributed by atoms with Crippen LogP contribution < -0.4 is 10.0 Å². The van der Waals surface area contributed by atoms with Crippen molar-refractivity contribution >= 4 is 10.0 Å². The monoisotopic (exact) mass is 300 g/mol. The predicted octanol–water partition coefficient (Wildman–Crippen LogP) is 1.15. The number of hydrogen-bond donors (Lipinski definition) is 2. The molecule has 1 rings (SSSR count). The minimum absolute atomic E-state index is 0.277. The second kappa shape index (κ2) is 8.36. The smallest absolute Gasteiger partial charge is 0.240 e. The zero-order valence-corrected chi connectivity index (χ0v) is 13.2. The molecule has 0 atom stereocenters. The molecule has 20 heavy (non-hydrogen) atoms. The summed E-state index contributed by atoms with van der Waals surface area (Å²) < 4.78 is 31.2. The molecule has 0 fully saturated rings. The summed E-state index contributed by atoms with van der Waals surface area (Å²) in [6, 6.07) is 7.44. The lowest BCUT2D eigenvalue weighted by molar-refractivity contribution is 0.204. The third kappa shape index (κ3) is 6.00. The van der Waals surface area contributed by atoms with E-state index in [0.717, 1.165) is 18.5 Å². The molecule has 0 aliphatic rings. The molecule has 0 bridgehead atoms. The molecule has 0 radical (unpaired) electrons. The highest BCUT2D eigenvalue weighted by molar-refractivity contribution is 7.89. The first-order valence-corrected chi connectivity index (χ1v) is 8.25. The lowest BCUT2D eigenvalue weighted by Gasteiger charge is -2.09. The van der Waals surface area contributed by atoms with E-state index in [9.17, 15) is 8.42 Å². The van der Waals surface area contributed by atoms with Gasteiger partial charge in [0.2, 0.25) is 10.0 Å². The average molecular weight is 300 g/mol. The minimum atomic E-state index is -3.43. The van der Waals surface area contributed by atoms with Crippen LogP contribution in [0.2, 0.25) is 0 Å². The van der Waals surface area contributed by atoms with Crippen LogP contribution in [-0.2, 0) is 21.2 Å². The second-order valence-corrected chi connectivity index (χ2v) is 6.66. The van der Waals surface area contributed by atoms with Crippen LogP contribution in [0.4, 0.5) is 0 Å². The van der Waals surface area contributed by atoms with Crippen LogP contribution in [0.15, 0.2) is 29.2 Å². The normalized spacial score (nSPS) is 12.0. The lowest BCUT2D eigenvalue weighted by atomic mass is 10.1. The zero-order chi connectivity index (χ0) is 15.0. The van der Waals surface area contributed by atoms with E-state index in [1.54, 1.807) is 12.1 Å². The summed E-state index contributed by atoms with van der Waals surface area (Å²) in [5.74, 6) is 0. The van der Waals surface area contributed by atoms with Crippen molar-refractivity contribution in [2.75, 3.05) is 26.8 Å². The van der Waals surface area contributed by atoms with Crippen molar-refractivity contribution in [1.29, 1.82) is 0 Å². The maximum atomic E-state index is 11.9. The fraction of sp³-hybridized carbons (Fsp3) is 0.571. The zero-order valence-electron chi connectivity index (χ0n) is 12.3. The Hall–Kier alpha value is -0.950. The molecule has 2 N–H and O–H groups in total. The van der Waals surface area contributed by atoms with E-state index in [1.165, 1.54) is 7.11 Å². The number of nitrogens with one attached hydrogen (secondary N) is 2. The Morgan fingerprint density at radius 1 is 1.15 bits per heavy atom. The molecule has 0 aliphatic heterocycles. The molecular formula is C14H24N2O3S. The van der Waals surface area contributed by atoms with Crippen molar-refractivity contribution in [2.45, 2.75) is 31.2 Å². The third-order valence-corrected chi connectivity index (χ3v) is 4.28. The van der Waals surface area contributed by atoms with Gasteiger partial charge in [0, 0.05) is 19.7 Å². The van der Waals surface area contributed by atoms with Gasteiger partial charge in [-0.15, -0.1) is 0 Å². The maximum absolute atomic E-state index is 11.9. The second-order valence-electron chi connectivity index (χ2n) is 4.89. The van der Waals surface area contributed by atoms with Gasteiger partial charge in [0.15, 0.2) is 0 Å². The van der Waals surface area contributed by atoms with E-state index in [0.29, 0.717) is 12.6 Å². The van der Waals surface area contributed by atoms with Crippen LogP contribution in [0.5, 0.6) is 0 Å². The van der Waals surface area contributed by atoms with Crippen molar-refractivity contribution in [1.82, 2.24) is 10.0 Å². The first-order chi connectivity index (χ1) is 9.45. The van der Waals surface area contributed by atoms with E-state index in [-0.39, 0.29) is 11.4 Å². The Morgan fingerprint density at radius 3 is 2.35 bits per heavy atom. The van der Waals surface area contributed by atoms with Crippen LogP contribution >= 0.6 is 0 Å². The molecule has 0 saturated carbocycles. The van der Waals surface area contributed by atoms with Gasteiger partial charge in [-0.3, -0.25) is 0 Å². The minimum Gasteiger partial charge on any atom is -0.383 e. The molecule has 0 saturated heterocycles. The van der Waals surface area contributed by atoms with Crippen LogP contribution in [0.1, 0.15) is 19.4 Å². The van der Waals surface area contributed by atoms with Crippen molar-refractivity contribution in [3.05, 3.63) is 29.8 Å². The van der Waals surface area contributed by atoms with Crippen molar-refractivity contribution < 1.29 is 13.2 Å². The fourth-order valence-electron chi connectivity index (χ4n) is 1.70. The number of rotatable bonds is 9. The Labute approximate surface area is 121 Å². The lowest BCUT2D eigenvalue weighted by Crippen LogP contribution is -2.27. The molecule has 0 heterocycles. The topological polar surface area (TPSA) is 67.4 Å². The summed E-state index contributed by atoms with van der Waals surface area (Å²) in [6.07, 6.45) is 0.885. The van der Waals surface area contributed by atoms with E-state index in [4.69, 9.17) is 4.74 Å². The molecule has 6 heteroatoms. The Balaban J connectivity index is 2.56.